The van der Waals surface area contributed by atoms with Gasteiger partial charge in [0.25, 0.3) is 0 Å². The Labute approximate surface area is 102 Å². The van der Waals surface area contributed by atoms with Gasteiger partial charge in [-0.3, -0.25) is 4.68 Å². The second kappa shape index (κ2) is 5.67. The molecule has 0 spiro atoms. The maximum absolute atomic E-state index is 11.9. The number of hydrogen-bond donors (Lipinski definition) is 2. The van der Waals surface area contributed by atoms with Crippen molar-refractivity contribution < 1.29 is 21.6 Å². The summed E-state index contributed by atoms with van der Waals surface area (Å²) in [4.78, 5) is -0.182. The quantitative estimate of drug-likeness (QED) is 0.774. The van der Waals surface area contributed by atoms with E-state index in [9.17, 15) is 21.6 Å². The van der Waals surface area contributed by atoms with Crippen LogP contribution in [0.25, 0.3) is 0 Å². The number of sulfonamides is 1. The molecule has 18 heavy (non-hydrogen) atoms. The number of halogens is 3. The molecule has 1 heterocycles. The number of hydrogen-bond acceptors (Lipinski definition) is 4. The van der Waals surface area contributed by atoms with Gasteiger partial charge in [0.05, 0.1) is 19.2 Å². The van der Waals surface area contributed by atoms with Crippen LogP contribution in [0.2, 0.25) is 0 Å². The van der Waals surface area contributed by atoms with Crippen molar-refractivity contribution in [2.24, 2.45) is 5.73 Å². The zero-order valence-electron chi connectivity index (χ0n) is 9.31. The van der Waals surface area contributed by atoms with Crippen LogP contribution in [0.1, 0.15) is 6.42 Å². The summed E-state index contributed by atoms with van der Waals surface area (Å²) in [5.41, 5.74) is 5.26. The minimum atomic E-state index is -4.40. The second-order valence-corrected chi connectivity index (χ2v) is 5.26. The normalized spacial score (nSPS) is 12.9. The lowest BCUT2D eigenvalue weighted by molar-refractivity contribution is -0.132. The standard InChI is InChI=1S/C8H13F3N4O2S/c9-8(10,11)1-3-14-18(16,17)7-5-13-15(6-7)4-2-12/h5-6,14H,1-4,12H2. The van der Waals surface area contributed by atoms with E-state index in [0.29, 0.717) is 6.54 Å². The molecule has 0 aliphatic carbocycles. The summed E-state index contributed by atoms with van der Waals surface area (Å²) in [5, 5.41) is 3.72. The van der Waals surface area contributed by atoms with Crippen LogP contribution in [0.3, 0.4) is 0 Å². The molecule has 0 unspecified atom stereocenters. The SMILES string of the molecule is NCCn1cc(S(=O)(=O)NCCC(F)(F)F)cn1. The zero-order valence-corrected chi connectivity index (χ0v) is 10.1. The van der Waals surface area contributed by atoms with Gasteiger partial charge in [0, 0.05) is 19.3 Å². The number of rotatable bonds is 6. The highest BCUT2D eigenvalue weighted by Crippen LogP contribution is 2.18. The molecule has 1 aromatic heterocycles. The Morgan fingerprint density at radius 2 is 2.11 bits per heavy atom. The summed E-state index contributed by atoms with van der Waals surface area (Å²) in [7, 11) is -3.95. The summed E-state index contributed by atoms with van der Waals surface area (Å²) in [6.07, 6.45) is -3.34. The molecule has 0 radical (unpaired) electrons. The molecule has 104 valence electrons. The van der Waals surface area contributed by atoms with Gasteiger partial charge in [0.2, 0.25) is 10.0 Å². The average molecular weight is 286 g/mol. The molecule has 0 aliphatic rings. The van der Waals surface area contributed by atoms with Crippen LogP contribution >= 0.6 is 0 Å². The molecule has 0 fully saturated rings. The Kier molecular flexibility index (Phi) is 4.71. The topological polar surface area (TPSA) is 90.0 Å². The highest BCUT2D eigenvalue weighted by atomic mass is 32.2. The number of nitrogens with zero attached hydrogens (tertiary/aromatic N) is 2. The molecule has 0 saturated carbocycles. The Hall–Kier alpha value is -1.13. The summed E-state index contributed by atoms with van der Waals surface area (Å²) >= 11 is 0. The Balaban J connectivity index is 2.62. The van der Waals surface area contributed by atoms with Gasteiger partial charge >= 0.3 is 6.18 Å². The minimum Gasteiger partial charge on any atom is -0.329 e. The van der Waals surface area contributed by atoms with Crippen LogP contribution < -0.4 is 10.5 Å². The van der Waals surface area contributed by atoms with E-state index in [-0.39, 0.29) is 11.4 Å². The van der Waals surface area contributed by atoms with Crippen molar-refractivity contribution in [1.82, 2.24) is 14.5 Å². The molecule has 6 nitrogen and oxygen atoms in total. The van der Waals surface area contributed by atoms with E-state index in [1.807, 2.05) is 4.72 Å². The van der Waals surface area contributed by atoms with Gasteiger partial charge in [-0.25, -0.2) is 13.1 Å². The molecule has 0 amide bonds. The predicted molar refractivity (Wildman–Crippen MR) is 57.1 cm³/mol. The lowest BCUT2D eigenvalue weighted by Gasteiger charge is -2.07. The molecule has 3 N–H and O–H groups in total. The first kappa shape index (κ1) is 14.9. The van der Waals surface area contributed by atoms with E-state index in [4.69, 9.17) is 5.73 Å². The van der Waals surface area contributed by atoms with Gasteiger partial charge < -0.3 is 5.73 Å². The maximum Gasteiger partial charge on any atom is 0.390 e. The van der Waals surface area contributed by atoms with Crippen LogP contribution in [-0.2, 0) is 16.6 Å². The van der Waals surface area contributed by atoms with Gasteiger partial charge in [-0.05, 0) is 0 Å². The fraction of sp³-hybridized carbons (Fsp3) is 0.625. The van der Waals surface area contributed by atoms with Crippen LogP contribution in [0.15, 0.2) is 17.3 Å². The van der Waals surface area contributed by atoms with Gasteiger partial charge in [0.1, 0.15) is 4.90 Å². The van der Waals surface area contributed by atoms with Crippen molar-refractivity contribution in [1.29, 1.82) is 0 Å². The third kappa shape index (κ3) is 4.63. The Morgan fingerprint density at radius 3 is 2.67 bits per heavy atom. The summed E-state index contributed by atoms with van der Waals surface area (Å²) < 4.78 is 61.9. The molecule has 0 atom stereocenters. The predicted octanol–water partition coefficient (Wildman–Crippen LogP) is 0.0725. The third-order valence-electron chi connectivity index (χ3n) is 1.98. The second-order valence-electron chi connectivity index (χ2n) is 3.49. The van der Waals surface area contributed by atoms with Crippen molar-refractivity contribution in [3.05, 3.63) is 12.4 Å². The van der Waals surface area contributed by atoms with Crippen LogP contribution in [0.4, 0.5) is 13.2 Å². The molecule has 0 bridgehead atoms. The fourth-order valence-corrected chi connectivity index (χ4v) is 2.13. The first-order chi connectivity index (χ1) is 8.24. The first-order valence-electron chi connectivity index (χ1n) is 5.03. The van der Waals surface area contributed by atoms with Crippen molar-refractivity contribution >= 4 is 10.0 Å². The molecule has 0 aliphatic heterocycles. The maximum atomic E-state index is 11.9. The van der Waals surface area contributed by atoms with Crippen molar-refractivity contribution in [3.8, 4) is 0 Å². The summed E-state index contributed by atoms with van der Waals surface area (Å²) in [5.74, 6) is 0. The van der Waals surface area contributed by atoms with Crippen LogP contribution in [0, 0.1) is 0 Å². The monoisotopic (exact) mass is 286 g/mol. The molecule has 0 aromatic carbocycles. The molecule has 0 saturated heterocycles. The van der Waals surface area contributed by atoms with Crippen molar-refractivity contribution in [3.63, 3.8) is 0 Å². The van der Waals surface area contributed by atoms with Crippen LogP contribution in [0.5, 0.6) is 0 Å². The average Bonchev–Trinajstić information content (AvgIpc) is 2.65. The zero-order chi connectivity index (χ0) is 13.8. The number of aromatic nitrogens is 2. The van der Waals surface area contributed by atoms with E-state index in [1.165, 1.54) is 10.9 Å². The molecular weight excluding hydrogens is 273 g/mol. The van der Waals surface area contributed by atoms with Gasteiger partial charge in [-0.15, -0.1) is 0 Å². The smallest absolute Gasteiger partial charge is 0.329 e. The van der Waals surface area contributed by atoms with Gasteiger partial charge in [0.15, 0.2) is 0 Å². The summed E-state index contributed by atoms with van der Waals surface area (Å²) in [6.45, 7) is -0.0886. The van der Waals surface area contributed by atoms with Crippen molar-refractivity contribution in [2.75, 3.05) is 13.1 Å². The largest absolute Gasteiger partial charge is 0.390 e. The Bertz CT molecular complexity index is 483. The highest BCUT2D eigenvalue weighted by Gasteiger charge is 2.27. The van der Waals surface area contributed by atoms with Gasteiger partial charge in [-0.1, -0.05) is 0 Å². The van der Waals surface area contributed by atoms with E-state index in [1.54, 1.807) is 0 Å². The van der Waals surface area contributed by atoms with E-state index in [2.05, 4.69) is 5.10 Å². The van der Waals surface area contributed by atoms with Gasteiger partial charge in [-0.2, -0.15) is 18.3 Å². The minimum absolute atomic E-state index is 0.182. The van der Waals surface area contributed by atoms with Crippen molar-refractivity contribution in [2.45, 2.75) is 24.0 Å². The third-order valence-corrected chi connectivity index (χ3v) is 3.39. The van der Waals surface area contributed by atoms with E-state index < -0.39 is 29.2 Å². The fourth-order valence-electron chi connectivity index (χ4n) is 1.15. The molecule has 1 rings (SSSR count). The lowest BCUT2D eigenvalue weighted by atomic mass is 10.4. The molecule has 10 heteroatoms. The number of alkyl halides is 3. The van der Waals surface area contributed by atoms with Crippen LogP contribution in [-0.4, -0.2) is 37.5 Å². The van der Waals surface area contributed by atoms with E-state index >= 15 is 0 Å². The number of nitrogens with one attached hydrogen (secondary N) is 1. The molecular formula is C8H13F3N4O2S. The van der Waals surface area contributed by atoms with E-state index in [0.717, 1.165) is 6.20 Å². The lowest BCUT2D eigenvalue weighted by Crippen LogP contribution is -2.27. The summed E-state index contributed by atoms with van der Waals surface area (Å²) in [6, 6.07) is 0. The first-order valence-corrected chi connectivity index (χ1v) is 6.52. The number of nitrogens with two attached hydrogens (primary N) is 1. The Morgan fingerprint density at radius 1 is 1.44 bits per heavy atom. The highest BCUT2D eigenvalue weighted by molar-refractivity contribution is 7.89. The molecule has 1 aromatic rings.